The van der Waals surface area contributed by atoms with E-state index in [4.69, 9.17) is 25.2 Å². The summed E-state index contributed by atoms with van der Waals surface area (Å²) in [6, 6.07) is 11.3. The fraction of sp³-hybridized carbons (Fsp3) is 0.613. The molecule has 3 amide bonds. The van der Waals surface area contributed by atoms with Gasteiger partial charge < -0.3 is 65.7 Å². The number of amides is 3. The molecule has 2 saturated heterocycles. The number of anilines is 8. The minimum absolute atomic E-state index is 0.0739. The minimum atomic E-state index is -1.03. The molecule has 21 nitrogen and oxygen atoms in total. The van der Waals surface area contributed by atoms with Crippen LogP contribution in [0.3, 0.4) is 0 Å². The first kappa shape index (κ1) is 62.2. The van der Waals surface area contributed by atoms with Gasteiger partial charge in [0.15, 0.2) is 11.6 Å². The molecule has 2 aliphatic carbocycles. The number of piperidine rings is 2. The Morgan fingerprint density at radius 3 is 1.43 bits per heavy atom. The number of hydrogen-bond acceptors (Lipinski definition) is 17. The maximum absolute atomic E-state index is 13.6. The van der Waals surface area contributed by atoms with Gasteiger partial charge in [-0.05, 0) is 155 Å². The second-order valence-corrected chi connectivity index (χ2v) is 24.3. The van der Waals surface area contributed by atoms with Gasteiger partial charge in [-0.3, -0.25) is 14.4 Å². The van der Waals surface area contributed by atoms with Crippen molar-refractivity contribution < 1.29 is 33.8 Å². The Balaban J connectivity index is 0.000000193. The average Bonchev–Trinajstić information content (AvgIpc) is 3.94. The number of nitrogens with two attached hydrogens (primary N) is 1. The third-order valence-electron chi connectivity index (χ3n) is 18.3. The minimum Gasteiger partial charge on any atom is -0.495 e. The monoisotopic (exact) mass is 1140 g/mol. The number of fused-ring (bicyclic) bond motifs is 2. The predicted molar refractivity (Wildman–Crippen MR) is 328 cm³/mol. The molecule has 2 aromatic heterocycles. The molecule has 10 rings (SSSR count). The summed E-state index contributed by atoms with van der Waals surface area (Å²) in [6.45, 7) is 13.8. The van der Waals surface area contributed by atoms with Crippen molar-refractivity contribution in [3.05, 3.63) is 59.9 Å². The van der Waals surface area contributed by atoms with Crippen molar-refractivity contribution >= 4 is 70.0 Å². The first-order valence-corrected chi connectivity index (χ1v) is 30.2. The molecule has 0 spiro atoms. The third kappa shape index (κ3) is 14.7. The van der Waals surface area contributed by atoms with Crippen molar-refractivity contribution in [2.75, 3.05) is 112 Å². The Morgan fingerprint density at radius 1 is 0.627 bits per heavy atom. The number of aromatic nitrogens is 4. The number of benzene rings is 2. The van der Waals surface area contributed by atoms with E-state index in [1.165, 1.54) is 83.7 Å². The molecular formula is C62H92N14O7. The standard InChI is InChI=1S/C31H45N7O3.C25H33N5O4.C6H14N2/c1-6-31(2)20-38(23-10-8-7-9-11-23)27-25(37(4)29(31)40)19-32-30(35-27)34-24-13-12-21(18-26(24)41-5)28(39)33-22-14-16-36(3)17-15-22;1-5-25(2)15-30(17-9-7-6-8-10-17)21-19(29(3)23(25)33)14-26-24(28-21)27-18-12-11-16(22(31)32)13-20(18)34-4;1-8-4-2-6(7)3-5-8/h12-13,18-19,22-23H,6-11,14-17,20H2,1-5H3,(H,33,39)(H,32,34,35);11-14,17H,5-10,15H2,1-4H3,(H,31,32)(H,26,27,28);6H,2-5,7H2,1H3. The van der Waals surface area contributed by atoms with Crippen molar-refractivity contribution in [1.29, 1.82) is 0 Å². The number of rotatable bonds is 13. The lowest BCUT2D eigenvalue weighted by Crippen LogP contribution is -2.47. The molecule has 2 atom stereocenters. The normalized spacial score (nSPS) is 22.4. The number of nitrogens with zero attached hydrogens (tertiary/aromatic N) is 10. The summed E-state index contributed by atoms with van der Waals surface area (Å²) in [5, 5.41) is 18.9. The Morgan fingerprint density at radius 2 is 1.04 bits per heavy atom. The van der Waals surface area contributed by atoms with E-state index in [2.05, 4.69) is 80.4 Å². The van der Waals surface area contributed by atoms with Crippen LogP contribution in [0.5, 0.6) is 11.5 Å². The molecule has 0 bridgehead atoms. The van der Waals surface area contributed by atoms with Crippen LogP contribution in [0, 0.1) is 10.8 Å². The van der Waals surface area contributed by atoms with Crippen molar-refractivity contribution in [3.63, 3.8) is 0 Å². The molecule has 21 heteroatoms. The summed E-state index contributed by atoms with van der Waals surface area (Å²) in [6.07, 6.45) is 20.7. The number of methoxy groups -OCH3 is 2. The highest BCUT2D eigenvalue weighted by atomic mass is 16.5. The van der Waals surface area contributed by atoms with Crippen molar-refractivity contribution in [2.45, 2.75) is 155 Å². The van der Waals surface area contributed by atoms with E-state index in [0.717, 1.165) is 81.8 Å². The first-order chi connectivity index (χ1) is 39.8. The Labute approximate surface area is 491 Å². The van der Waals surface area contributed by atoms with Crippen molar-refractivity contribution in [3.8, 4) is 11.5 Å². The number of carbonyl (C=O) groups is 4. The molecule has 6 N–H and O–H groups in total. The fourth-order valence-electron chi connectivity index (χ4n) is 12.3. The second kappa shape index (κ2) is 27.7. The Kier molecular flexibility index (Phi) is 20.8. The summed E-state index contributed by atoms with van der Waals surface area (Å²) in [5.41, 5.74) is 8.00. The van der Waals surface area contributed by atoms with Crippen LogP contribution >= 0.6 is 0 Å². The molecule has 4 aromatic rings. The summed E-state index contributed by atoms with van der Waals surface area (Å²) >= 11 is 0. The van der Waals surface area contributed by atoms with Gasteiger partial charge in [0.2, 0.25) is 23.7 Å². The molecule has 6 heterocycles. The van der Waals surface area contributed by atoms with Gasteiger partial charge in [-0.15, -0.1) is 0 Å². The smallest absolute Gasteiger partial charge is 0.335 e. The summed E-state index contributed by atoms with van der Waals surface area (Å²) < 4.78 is 11.1. The summed E-state index contributed by atoms with van der Waals surface area (Å²) in [5.74, 6) is 2.29. The second-order valence-electron chi connectivity index (χ2n) is 24.3. The van der Waals surface area contributed by atoms with Crippen LogP contribution < -0.4 is 50.8 Å². The lowest BCUT2D eigenvalue weighted by molar-refractivity contribution is -0.127. The van der Waals surface area contributed by atoms with E-state index in [9.17, 15) is 24.3 Å². The van der Waals surface area contributed by atoms with Gasteiger partial charge in [-0.1, -0.05) is 52.4 Å². The first-order valence-electron chi connectivity index (χ1n) is 30.2. The van der Waals surface area contributed by atoms with E-state index in [-0.39, 0.29) is 29.3 Å². The fourth-order valence-corrected chi connectivity index (χ4v) is 12.3. The molecule has 83 heavy (non-hydrogen) atoms. The van der Waals surface area contributed by atoms with Crippen LogP contribution in [0.2, 0.25) is 0 Å². The van der Waals surface area contributed by atoms with E-state index in [1.54, 1.807) is 54.6 Å². The maximum atomic E-state index is 13.6. The van der Waals surface area contributed by atoms with Crippen LogP contribution in [0.1, 0.15) is 151 Å². The highest BCUT2D eigenvalue weighted by Crippen LogP contribution is 2.44. The molecule has 2 unspecified atom stereocenters. The lowest BCUT2D eigenvalue weighted by atomic mass is 9.84. The highest BCUT2D eigenvalue weighted by molar-refractivity contribution is 6.02. The van der Waals surface area contributed by atoms with E-state index in [0.29, 0.717) is 77.2 Å². The van der Waals surface area contributed by atoms with Gasteiger partial charge in [0.05, 0.1) is 54.4 Å². The van der Waals surface area contributed by atoms with Crippen LogP contribution in [-0.4, -0.2) is 164 Å². The SMILES string of the molecule is CCC1(C)CN(C2CCCCC2)c2nc(Nc3ccc(C(=O)NC4CCN(C)CC4)cc3OC)ncc2N(C)C1=O.CCC1(C)CN(C2CCCCC2)c2nc(Nc3ccc(C(=O)O)cc3OC)ncc2N(C)C1=O.CN1CCC(N)CC1. The molecule has 0 radical (unpaired) electrons. The molecule has 2 aromatic carbocycles. The number of aromatic carboxylic acids is 1. The Hall–Kier alpha value is -6.84. The van der Waals surface area contributed by atoms with Crippen molar-refractivity contribution in [2.24, 2.45) is 16.6 Å². The van der Waals surface area contributed by atoms with E-state index >= 15 is 0 Å². The molecule has 452 valence electrons. The van der Waals surface area contributed by atoms with E-state index < -0.39 is 16.8 Å². The van der Waals surface area contributed by atoms with E-state index in [1.807, 2.05) is 20.0 Å². The number of likely N-dealkylation sites (tertiary alicyclic amines) is 2. The zero-order valence-electron chi connectivity index (χ0n) is 50.9. The number of hydrogen-bond donors (Lipinski definition) is 5. The summed E-state index contributed by atoms with van der Waals surface area (Å²) in [4.78, 5) is 82.9. The molecular weight excluding hydrogens is 1050 g/mol. The average molecular weight is 1150 g/mol. The third-order valence-corrected chi connectivity index (χ3v) is 18.3. The summed E-state index contributed by atoms with van der Waals surface area (Å²) in [7, 11) is 11.0. The van der Waals surface area contributed by atoms with Gasteiger partial charge in [-0.25, -0.2) is 14.8 Å². The lowest BCUT2D eigenvalue weighted by Gasteiger charge is -2.38. The van der Waals surface area contributed by atoms with Crippen LogP contribution in [0.25, 0.3) is 0 Å². The van der Waals surface area contributed by atoms with Gasteiger partial charge in [0.1, 0.15) is 22.9 Å². The van der Waals surface area contributed by atoms with Crippen LogP contribution in [0.4, 0.5) is 46.3 Å². The number of ether oxygens (including phenoxy) is 2. The predicted octanol–water partition coefficient (Wildman–Crippen LogP) is 9.08. The van der Waals surface area contributed by atoms with Crippen LogP contribution in [0.15, 0.2) is 48.8 Å². The topological polar surface area (TPSA) is 240 Å². The van der Waals surface area contributed by atoms with Gasteiger partial charge >= 0.3 is 5.97 Å². The zero-order chi connectivity index (χ0) is 59.6. The number of carboxylic acid groups (broad SMARTS) is 1. The highest BCUT2D eigenvalue weighted by Gasteiger charge is 2.45. The molecule has 2 saturated carbocycles. The van der Waals surface area contributed by atoms with Gasteiger partial charge in [0, 0.05) is 56.9 Å². The largest absolute Gasteiger partial charge is 0.495 e. The Bertz CT molecular complexity index is 2870. The van der Waals surface area contributed by atoms with Gasteiger partial charge in [0.25, 0.3) is 5.91 Å². The number of carbonyl (C=O) groups excluding carboxylic acids is 3. The van der Waals surface area contributed by atoms with Gasteiger partial charge in [-0.2, -0.15) is 9.97 Å². The van der Waals surface area contributed by atoms with Crippen LogP contribution in [-0.2, 0) is 9.59 Å². The number of nitrogens with one attached hydrogen (secondary N) is 3. The zero-order valence-corrected chi connectivity index (χ0v) is 50.9. The quantitative estimate of drug-likeness (QED) is 0.0838. The van der Waals surface area contributed by atoms with Crippen molar-refractivity contribution in [1.82, 2.24) is 35.1 Å². The molecule has 6 aliphatic rings. The number of carboxylic acids is 1. The maximum Gasteiger partial charge on any atom is 0.335 e. The molecule has 4 fully saturated rings. The molecule has 4 aliphatic heterocycles.